The summed E-state index contributed by atoms with van der Waals surface area (Å²) in [4.78, 5) is 23.5. The molecule has 5 nitrogen and oxygen atoms in total. The molecule has 1 N–H and O–H groups in total. The van der Waals surface area contributed by atoms with E-state index < -0.39 is 6.09 Å². The molecule has 5 heteroatoms. The largest absolute Gasteiger partial charge is 0.466 e. The molecule has 0 unspecified atom stereocenters. The summed E-state index contributed by atoms with van der Waals surface area (Å²) >= 11 is 0. The van der Waals surface area contributed by atoms with Gasteiger partial charge in [0.1, 0.15) is 0 Å². The first-order valence-electron chi connectivity index (χ1n) is 6.77. The quantitative estimate of drug-likeness (QED) is 0.777. The van der Waals surface area contributed by atoms with Crippen molar-refractivity contribution in [3.63, 3.8) is 0 Å². The van der Waals surface area contributed by atoms with Crippen molar-refractivity contribution in [3.05, 3.63) is 0 Å². The Balaban J connectivity index is 2.01. The standard InChI is InChI=1S/C13H21NO4/c1-3-17-12(15)10-8-5-6-9(7-8)11(10)14-13(16)18-4-2/h8-11H,3-7H2,1-2H3,(H,14,16)/t8-,9+,10-,11+/m0/s1. The maximum absolute atomic E-state index is 12.0. The zero-order valence-electron chi connectivity index (χ0n) is 11.0. The van der Waals surface area contributed by atoms with E-state index in [2.05, 4.69) is 5.32 Å². The van der Waals surface area contributed by atoms with Crippen LogP contribution >= 0.6 is 0 Å². The highest BCUT2D eigenvalue weighted by molar-refractivity contribution is 5.76. The molecule has 102 valence electrons. The van der Waals surface area contributed by atoms with Crippen molar-refractivity contribution in [2.75, 3.05) is 13.2 Å². The van der Waals surface area contributed by atoms with Crippen molar-refractivity contribution >= 4 is 12.1 Å². The summed E-state index contributed by atoms with van der Waals surface area (Å²) < 4.78 is 10.0. The van der Waals surface area contributed by atoms with Gasteiger partial charge in [-0.3, -0.25) is 4.79 Å². The first kappa shape index (κ1) is 13.2. The Labute approximate surface area is 107 Å². The third-order valence-electron chi connectivity index (χ3n) is 4.04. The number of hydrogen-bond acceptors (Lipinski definition) is 4. The summed E-state index contributed by atoms with van der Waals surface area (Å²) in [5.41, 5.74) is 0. The molecule has 2 saturated carbocycles. The van der Waals surface area contributed by atoms with Crippen molar-refractivity contribution in [3.8, 4) is 0 Å². The number of hydrogen-bond donors (Lipinski definition) is 1. The predicted octanol–water partition coefficient (Wildman–Crippen LogP) is 1.71. The summed E-state index contributed by atoms with van der Waals surface area (Å²) in [6.07, 6.45) is 2.73. The Morgan fingerprint density at radius 1 is 1.11 bits per heavy atom. The van der Waals surface area contributed by atoms with E-state index in [1.165, 1.54) is 0 Å². The lowest BCUT2D eigenvalue weighted by Gasteiger charge is -2.29. The molecule has 0 aromatic heterocycles. The third kappa shape index (κ3) is 2.44. The highest BCUT2D eigenvalue weighted by Crippen LogP contribution is 2.48. The van der Waals surface area contributed by atoms with Gasteiger partial charge >= 0.3 is 12.1 Å². The smallest absolute Gasteiger partial charge is 0.407 e. The first-order valence-corrected chi connectivity index (χ1v) is 6.77. The Kier molecular flexibility index (Phi) is 4.09. The topological polar surface area (TPSA) is 64.6 Å². The van der Waals surface area contributed by atoms with E-state index in [-0.39, 0.29) is 17.9 Å². The number of nitrogens with one attached hydrogen (secondary N) is 1. The fourth-order valence-corrected chi connectivity index (χ4v) is 3.39. The zero-order chi connectivity index (χ0) is 13.1. The number of carbonyl (C=O) groups excluding carboxylic acids is 2. The summed E-state index contributed by atoms with van der Waals surface area (Å²) in [5.74, 6) is 0.398. The van der Waals surface area contributed by atoms with Gasteiger partial charge in [0.25, 0.3) is 0 Å². The van der Waals surface area contributed by atoms with E-state index in [9.17, 15) is 9.59 Å². The van der Waals surface area contributed by atoms with Gasteiger partial charge in [-0.25, -0.2) is 4.79 Å². The number of carbonyl (C=O) groups is 2. The lowest BCUT2D eigenvalue weighted by molar-refractivity contribution is -0.150. The number of rotatable bonds is 4. The number of alkyl carbamates (subject to hydrolysis) is 1. The normalized spacial score (nSPS) is 33.2. The van der Waals surface area contributed by atoms with Crippen LogP contribution in [-0.4, -0.2) is 31.3 Å². The molecule has 4 atom stereocenters. The lowest BCUT2D eigenvalue weighted by Crippen LogP contribution is -2.47. The van der Waals surface area contributed by atoms with Gasteiger partial charge in [0, 0.05) is 6.04 Å². The van der Waals surface area contributed by atoms with Crippen LogP contribution in [0.5, 0.6) is 0 Å². The average Bonchev–Trinajstić information content (AvgIpc) is 2.90. The van der Waals surface area contributed by atoms with Crippen molar-refractivity contribution < 1.29 is 19.1 Å². The molecule has 18 heavy (non-hydrogen) atoms. The molecule has 2 rings (SSSR count). The Hall–Kier alpha value is -1.26. The molecule has 2 aliphatic rings. The van der Waals surface area contributed by atoms with Crippen LogP contribution < -0.4 is 5.32 Å². The van der Waals surface area contributed by atoms with Crippen LogP contribution in [0.15, 0.2) is 0 Å². The fourth-order valence-electron chi connectivity index (χ4n) is 3.39. The Morgan fingerprint density at radius 3 is 2.44 bits per heavy atom. The first-order chi connectivity index (χ1) is 8.67. The summed E-state index contributed by atoms with van der Waals surface area (Å²) in [6, 6.07) is -0.109. The molecular formula is C13H21NO4. The van der Waals surface area contributed by atoms with Gasteiger partial charge in [-0.1, -0.05) is 0 Å². The van der Waals surface area contributed by atoms with Crippen LogP contribution in [0.3, 0.4) is 0 Å². The lowest BCUT2D eigenvalue weighted by atomic mass is 9.84. The van der Waals surface area contributed by atoms with Gasteiger partial charge in [0.15, 0.2) is 0 Å². The van der Waals surface area contributed by atoms with Crippen LogP contribution in [0, 0.1) is 17.8 Å². The highest BCUT2D eigenvalue weighted by Gasteiger charge is 2.52. The molecule has 2 fully saturated rings. The van der Waals surface area contributed by atoms with E-state index >= 15 is 0 Å². The third-order valence-corrected chi connectivity index (χ3v) is 4.04. The summed E-state index contributed by atoms with van der Waals surface area (Å²) in [6.45, 7) is 4.30. The van der Waals surface area contributed by atoms with Gasteiger partial charge in [0.05, 0.1) is 19.1 Å². The van der Waals surface area contributed by atoms with Gasteiger partial charge < -0.3 is 14.8 Å². The van der Waals surface area contributed by atoms with E-state index in [0.717, 1.165) is 19.3 Å². The molecule has 0 heterocycles. The second-order valence-electron chi connectivity index (χ2n) is 5.00. The molecule has 0 aliphatic heterocycles. The maximum Gasteiger partial charge on any atom is 0.407 e. The molecule has 0 spiro atoms. The van der Waals surface area contributed by atoms with Gasteiger partial charge in [0.2, 0.25) is 0 Å². The van der Waals surface area contributed by atoms with Crippen LogP contribution in [-0.2, 0) is 14.3 Å². The molecule has 0 aromatic rings. The maximum atomic E-state index is 12.0. The second-order valence-corrected chi connectivity index (χ2v) is 5.00. The van der Waals surface area contributed by atoms with Gasteiger partial charge in [-0.2, -0.15) is 0 Å². The van der Waals surface area contributed by atoms with Crippen molar-refractivity contribution in [1.29, 1.82) is 0 Å². The Morgan fingerprint density at radius 2 is 1.78 bits per heavy atom. The van der Waals surface area contributed by atoms with Crippen LogP contribution in [0.1, 0.15) is 33.1 Å². The van der Waals surface area contributed by atoms with Crippen molar-refractivity contribution in [1.82, 2.24) is 5.32 Å². The minimum Gasteiger partial charge on any atom is -0.466 e. The van der Waals surface area contributed by atoms with Crippen LogP contribution in [0.4, 0.5) is 4.79 Å². The predicted molar refractivity (Wildman–Crippen MR) is 64.9 cm³/mol. The zero-order valence-corrected chi connectivity index (χ0v) is 11.0. The molecule has 0 radical (unpaired) electrons. The number of esters is 1. The Bertz CT molecular complexity index is 331. The number of amides is 1. The van der Waals surface area contributed by atoms with Crippen molar-refractivity contribution in [2.45, 2.75) is 39.2 Å². The number of ether oxygens (including phenoxy) is 2. The van der Waals surface area contributed by atoms with E-state index in [1.807, 2.05) is 0 Å². The summed E-state index contributed by atoms with van der Waals surface area (Å²) in [5, 5.41) is 2.84. The van der Waals surface area contributed by atoms with Gasteiger partial charge in [-0.05, 0) is 44.9 Å². The van der Waals surface area contributed by atoms with E-state index in [1.54, 1.807) is 13.8 Å². The summed E-state index contributed by atoms with van der Waals surface area (Å²) in [7, 11) is 0. The monoisotopic (exact) mass is 255 g/mol. The fraction of sp³-hybridized carbons (Fsp3) is 0.846. The minimum atomic E-state index is -0.427. The molecule has 0 saturated heterocycles. The number of fused-ring (bicyclic) bond motifs is 2. The molecule has 2 aliphatic carbocycles. The average molecular weight is 255 g/mol. The SMILES string of the molecule is CCOC(=O)N[C@@H]1[C@@H]2CC[C@@H](C2)[C@@H]1C(=O)OCC. The van der Waals surface area contributed by atoms with E-state index in [4.69, 9.17) is 9.47 Å². The van der Waals surface area contributed by atoms with Gasteiger partial charge in [-0.15, -0.1) is 0 Å². The van der Waals surface area contributed by atoms with E-state index in [0.29, 0.717) is 25.0 Å². The molecule has 1 amide bonds. The van der Waals surface area contributed by atoms with Crippen LogP contribution in [0.25, 0.3) is 0 Å². The molecular weight excluding hydrogens is 234 g/mol. The second kappa shape index (κ2) is 5.59. The van der Waals surface area contributed by atoms with Crippen molar-refractivity contribution in [2.24, 2.45) is 17.8 Å². The molecule has 2 bridgehead atoms. The molecule has 0 aromatic carbocycles. The van der Waals surface area contributed by atoms with Crippen LogP contribution in [0.2, 0.25) is 0 Å². The highest BCUT2D eigenvalue weighted by atomic mass is 16.5. The minimum absolute atomic E-state index is 0.109.